The summed E-state index contributed by atoms with van der Waals surface area (Å²) in [6.07, 6.45) is 0. The summed E-state index contributed by atoms with van der Waals surface area (Å²) in [5.41, 5.74) is 6.94. The van der Waals surface area contributed by atoms with E-state index in [1.54, 1.807) is 0 Å². The minimum absolute atomic E-state index is 0.374. The van der Waals surface area contributed by atoms with Crippen LogP contribution in [0.3, 0.4) is 0 Å². The molecule has 6 aromatic rings. The third kappa shape index (κ3) is 6.83. The Labute approximate surface area is 275 Å². The summed E-state index contributed by atoms with van der Waals surface area (Å²) in [7, 11) is -0.374. The first-order valence-corrected chi connectivity index (χ1v) is 17.1. The van der Waals surface area contributed by atoms with Crippen molar-refractivity contribution in [2.45, 2.75) is 35.5 Å². The lowest BCUT2D eigenvalue weighted by Crippen LogP contribution is -2.08. The molecule has 0 saturated heterocycles. The van der Waals surface area contributed by atoms with E-state index in [2.05, 4.69) is 146 Å². The van der Waals surface area contributed by atoms with Gasteiger partial charge in [0, 0.05) is 11.1 Å². The monoisotopic (exact) mass is 623 g/mol. The summed E-state index contributed by atoms with van der Waals surface area (Å²) >= 11 is 0. The average molecular weight is 624 g/mol. The standard InChI is InChI=1S/C42H39O3S/c1-4-43-34-23-17-31(18-24-34)39-29-30-40(46(37-13-9-7-10-14-37)38-15-11-8-12-16-38)42(33-21-27-36(28-22-33)45-6-3)41(39)32-19-25-35(26-20-32)44-5-2/h7-30H,4-6H2,1-3H3/q+1. The summed E-state index contributed by atoms with van der Waals surface area (Å²) in [4.78, 5) is 3.81. The SMILES string of the molecule is CCOc1ccc(-c2ccc([S+](c3ccccc3)c3ccccc3)c(-c3ccc(OCC)cc3)c2-c2ccc(OCC)cc2)cc1. The minimum atomic E-state index is -0.374. The average Bonchev–Trinajstić information content (AvgIpc) is 3.11. The second-order valence-electron chi connectivity index (χ2n) is 10.7. The van der Waals surface area contributed by atoms with E-state index in [-0.39, 0.29) is 10.9 Å². The lowest BCUT2D eigenvalue weighted by atomic mass is 9.87. The van der Waals surface area contributed by atoms with E-state index in [0.29, 0.717) is 19.8 Å². The number of rotatable bonds is 12. The molecule has 4 heteroatoms. The van der Waals surface area contributed by atoms with Gasteiger partial charge in [0.05, 0.1) is 30.7 Å². The van der Waals surface area contributed by atoms with Crippen molar-refractivity contribution in [3.63, 3.8) is 0 Å². The van der Waals surface area contributed by atoms with Crippen LogP contribution in [-0.2, 0) is 10.9 Å². The molecule has 0 atom stereocenters. The van der Waals surface area contributed by atoms with Gasteiger partial charge in [-0.25, -0.2) is 0 Å². The summed E-state index contributed by atoms with van der Waals surface area (Å²) in [5, 5.41) is 0. The highest BCUT2D eigenvalue weighted by Crippen LogP contribution is 2.47. The Bertz CT molecular complexity index is 1790. The molecule has 0 spiro atoms. The Morgan fingerprint density at radius 2 is 0.783 bits per heavy atom. The van der Waals surface area contributed by atoms with Gasteiger partial charge in [0.2, 0.25) is 0 Å². The molecule has 0 heterocycles. The fraction of sp³-hybridized carbons (Fsp3) is 0.143. The summed E-state index contributed by atoms with van der Waals surface area (Å²) < 4.78 is 17.5. The highest BCUT2D eigenvalue weighted by atomic mass is 32.2. The van der Waals surface area contributed by atoms with Crippen LogP contribution < -0.4 is 14.2 Å². The van der Waals surface area contributed by atoms with Gasteiger partial charge in [-0.1, -0.05) is 72.8 Å². The van der Waals surface area contributed by atoms with Gasteiger partial charge >= 0.3 is 0 Å². The molecule has 0 unspecified atom stereocenters. The Morgan fingerprint density at radius 1 is 0.391 bits per heavy atom. The third-order valence-corrected chi connectivity index (χ3v) is 10.00. The zero-order valence-electron chi connectivity index (χ0n) is 26.6. The lowest BCUT2D eigenvalue weighted by molar-refractivity contribution is 0.340. The molecule has 0 N–H and O–H groups in total. The van der Waals surface area contributed by atoms with Crippen LogP contribution in [0, 0.1) is 0 Å². The van der Waals surface area contributed by atoms with Crippen LogP contribution in [0.15, 0.2) is 160 Å². The van der Waals surface area contributed by atoms with Crippen molar-refractivity contribution < 1.29 is 14.2 Å². The van der Waals surface area contributed by atoms with E-state index in [1.807, 2.05) is 20.8 Å². The first-order chi connectivity index (χ1) is 22.7. The molecule has 0 aliphatic carbocycles. The van der Waals surface area contributed by atoms with Crippen LogP contribution in [0.1, 0.15) is 20.8 Å². The van der Waals surface area contributed by atoms with Crippen LogP contribution in [0.2, 0.25) is 0 Å². The Hall–Kier alpha value is -4.93. The maximum absolute atomic E-state index is 5.86. The molecule has 6 rings (SSSR count). The van der Waals surface area contributed by atoms with E-state index >= 15 is 0 Å². The van der Waals surface area contributed by atoms with Crippen molar-refractivity contribution in [2.75, 3.05) is 19.8 Å². The molecule has 0 fully saturated rings. The molecule has 0 saturated carbocycles. The van der Waals surface area contributed by atoms with Crippen LogP contribution >= 0.6 is 0 Å². The smallest absolute Gasteiger partial charge is 0.175 e. The second kappa shape index (κ2) is 14.9. The fourth-order valence-corrected chi connectivity index (χ4v) is 8.02. The van der Waals surface area contributed by atoms with Gasteiger partial charge in [-0.2, -0.15) is 0 Å². The predicted molar refractivity (Wildman–Crippen MR) is 191 cm³/mol. The van der Waals surface area contributed by atoms with E-state index in [9.17, 15) is 0 Å². The molecule has 3 nitrogen and oxygen atoms in total. The highest BCUT2D eigenvalue weighted by Gasteiger charge is 2.34. The van der Waals surface area contributed by atoms with Crippen molar-refractivity contribution in [1.29, 1.82) is 0 Å². The van der Waals surface area contributed by atoms with Gasteiger partial charge in [-0.05, 0) is 116 Å². The molecule has 0 aliphatic rings. The molecular formula is C42H39O3S+. The fourth-order valence-electron chi connectivity index (χ4n) is 5.75. The van der Waals surface area contributed by atoms with Gasteiger partial charge < -0.3 is 14.2 Å². The van der Waals surface area contributed by atoms with Crippen molar-refractivity contribution >= 4 is 10.9 Å². The third-order valence-electron chi connectivity index (χ3n) is 7.73. The Morgan fingerprint density at radius 3 is 1.20 bits per heavy atom. The van der Waals surface area contributed by atoms with Gasteiger partial charge in [0.15, 0.2) is 14.7 Å². The van der Waals surface area contributed by atoms with E-state index in [0.717, 1.165) is 39.5 Å². The number of benzene rings is 6. The summed E-state index contributed by atoms with van der Waals surface area (Å²) in [6, 6.07) is 51.8. The van der Waals surface area contributed by atoms with Crippen LogP contribution in [0.25, 0.3) is 33.4 Å². The number of hydrogen-bond acceptors (Lipinski definition) is 3. The molecule has 0 aliphatic heterocycles. The lowest BCUT2D eigenvalue weighted by Gasteiger charge is -2.21. The van der Waals surface area contributed by atoms with Crippen molar-refractivity contribution in [3.8, 4) is 50.6 Å². The largest absolute Gasteiger partial charge is 0.494 e. The minimum Gasteiger partial charge on any atom is -0.494 e. The molecule has 46 heavy (non-hydrogen) atoms. The number of ether oxygens (including phenoxy) is 3. The maximum atomic E-state index is 5.86. The maximum Gasteiger partial charge on any atom is 0.175 e. The number of hydrogen-bond donors (Lipinski definition) is 0. The van der Waals surface area contributed by atoms with Gasteiger partial charge in [-0.3, -0.25) is 0 Å². The zero-order valence-corrected chi connectivity index (χ0v) is 27.4. The predicted octanol–water partition coefficient (Wildman–Crippen LogP) is 11.0. The van der Waals surface area contributed by atoms with Crippen molar-refractivity contribution in [3.05, 3.63) is 146 Å². The molecule has 0 amide bonds. The van der Waals surface area contributed by atoms with E-state index in [4.69, 9.17) is 14.2 Å². The van der Waals surface area contributed by atoms with Crippen LogP contribution in [0.5, 0.6) is 17.2 Å². The van der Waals surface area contributed by atoms with Crippen LogP contribution in [0.4, 0.5) is 0 Å². The summed E-state index contributed by atoms with van der Waals surface area (Å²) in [5.74, 6) is 2.59. The van der Waals surface area contributed by atoms with Crippen LogP contribution in [-0.4, -0.2) is 19.8 Å². The second-order valence-corrected chi connectivity index (χ2v) is 12.7. The molecule has 0 bridgehead atoms. The Kier molecular flexibility index (Phi) is 10.1. The molecule has 6 aromatic carbocycles. The zero-order chi connectivity index (χ0) is 31.7. The molecule has 0 radical (unpaired) electrons. The van der Waals surface area contributed by atoms with Gasteiger partial charge in [0.1, 0.15) is 17.2 Å². The quantitative estimate of drug-likeness (QED) is 0.127. The highest BCUT2D eigenvalue weighted by molar-refractivity contribution is 7.97. The first kappa shape index (κ1) is 31.1. The molecular weight excluding hydrogens is 585 g/mol. The van der Waals surface area contributed by atoms with Crippen molar-refractivity contribution in [2.24, 2.45) is 0 Å². The van der Waals surface area contributed by atoms with Gasteiger partial charge in [0.25, 0.3) is 0 Å². The molecule has 0 aromatic heterocycles. The Balaban J connectivity index is 1.68. The van der Waals surface area contributed by atoms with E-state index < -0.39 is 0 Å². The topological polar surface area (TPSA) is 27.7 Å². The van der Waals surface area contributed by atoms with Crippen molar-refractivity contribution in [1.82, 2.24) is 0 Å². The summed E-state index contributed by atoms with van der Waals surface area (Å²) in [6.45, 7) is 7.92. The first-order valence-electron chi connectivity index (χ1n) is 15.9. The molecule has 230 valence electrons. The van der Waals surface area contributed by atoms with E-state index in [1.165, 1.54) is 25.8 Å². The normalized spacial score (nSPS) is 11.0. The van der Waals surface area contributed by atoms with Gasteiger partial charge in [-0.15, -0.1) is 0 Å².